The van der Waals surface area contributed by atoms with Gasteiger partial charge in [0.15, 0.2) is 0 Å². The van der Waals surface area contributed by atoms with Crippen molar-refractivity contribution in [3.8, 4) is 0 Å². The number of carbonyl (C=O) groups is 1. The highest BCUT2D eigenvalue weighted by Gasteiger charge is 2.22. The van der Waals surface area contributed by atoms with Crippen LogP contribution >= 0.6 is 0 Å². The Labute approximate surface area is 118 Å². The minimum atomic E-state index is 0.309. The molecule has 1 unspecified atom stereocenters. The molecule has 1 aliphatic heterocycles. The van der Waals surface area contributed by atoms with Crippen LogP contribution in [0.5, 0.6) is 0 Å². The first-order valence-corrected chi connectivity index (χ1v) is 8.33. The topological polar surface area (TPSA) is 32.3 Å². The van der Waals surface area contributed by atoms with E-state index < -0.39 is 0 Å². The zero-order valence-corrected chi connectivity index (χ0v) is 12.5. The van der Waals surface area contributed by atoms with Gasteiger partial charge in [-0.25, -0.2) is 0 Å². The lowest BCUT2D eigenvalue weighted by Gasteiger charge is -2.35. The van der Waals surface area contributed by atoms with Gasteiger partial charge in [-0.2, -0.15) is 0 Å². The van der Waals surface area contributed by atoms with Crippen molar-refractivity contribution in [3.63, 3.8) is 0 Å². The Bertz CT molecular complexity index is 274. The molecule has 0 aromatic rings. The van der Waals surface area contributed by atoms with Crippen LogP contribution in [-0.4, -0.2) is 36.5 Å². The van der Waals surface area contributed by atoms with Crippen LogP contribution in [0.3, 0.4) is 0 Å². The number of carbonyl (C=O) groups excluding carboxylic acids is 1. The van der Waals surface area contributed by atoms with Gasteiger partial charge in [0, 0.05) is 25.0 Å². The van der Waals surface area contributed by atoms with Crippen molar-refractivity contribution in [1.82, 2.24) is 10.2 Å². The van der Waals surface area contributed by atoms with Gasteiger partial charge >= 0.3 is 0 Å². The molecule has 0 aromatic heterocycles. The van der Waals surface area contributed by atoms with E-state index in [1.54, 1.807) is 0 Å². The van der Waals surface area contributed by atoms with Gasteiger partial charge in [-0.1, -0.05) is 26.2 Å². The van der Waals surface area contributed by atoms with Crippen molar-refractivity contribution < 1.29 is 4.79 Å². The van der Waals surface area contributed by atoms with E-state index >= 15 is 0 Å². The summed E-state index contributed by atoms with van der Waals surface area (Å²) in [5.41, 5.74) is 0. The molecule has 1 N–H and O–H groups in total. The van der Waals surface area contributed by atoms with E-state index in [0.717, 1.165) is 38.4 Å². The minimum Gasteiger partial charge on any atom is -0.356 e. The molecule has 1 atom stereocenters. The molecule has 1 aliphatic carbocycles. The molecule has 110 valence electrons. The summed E-state index contributed by atoms with van der Waals surface area (Å²) in [5.74, 6) is 0.626. The lowest BCUT2D eigenvalue weighted by Crippen LogP contribution is -2.41. The van der Waals surface area contributed by atoms with E-state index in [0.29, 0.717) is 11.8 Å². The summed E-state index contributed by atoms with van der Waals surface area (Å²) in [6.07, 6.45) is 11.2. The van der Waals surface area contributed by atoms with Crippen molar-refractivity contribution in [2.24, 2.45) is 5.92 Å². The highest BCUT2D eigenvalue weighted by atomic mass is 16.1. The third-order valence-corrected chi connectivity index (χ3v) is 4.87. The first kappa shape index (κ1) is 14.8. The van der Waals surface area contributed by atoms with Gasteiger partial charge in [0.1, 0.15) is 0 Å². The maximum absolute atomic E-state index is 11.9. The zero-order valence-electron chi connectivity index (χ0n) is 12.5. The number of likely N-dealkylation sites (tertiary alicyclic amines) is 1. The molecule has 3 nitrogen and oxygen atoms in total. The number of rotatable bonds is 6. The molecular weight excluding hydrogens is 236 g/mol. The Hall–Kier alpha value is -0.570. The van der Waals surface area contributed by atoms with Gasteiger partial charge in [-0.3, -0.25) is 4.79 Å². The minimum absolute atomic E-state index is 0.309. The molecule has 3 heteroatoms. The van der Waals surface area contributed by atoms with Gasteiger partial charge in [-0.15, -0.1) is 0 Å². The predicted octanol–water partition coefficient (Wildman–Crippen LogP) is 2.95. The van der Waals surface area contributed by atoms with E-state index in [1.807, 2.05) is 0 Å². The summed E-state index contributed by atoms with van der Waals surface area (Å²) in [6.45, 7) is 5.58. The van der Waals surface area contributed by atoms with Crippen LogP contribution in [-0.2, 0) is 4.79 Å². The van der Waals surface area contributed by atoms with Gasteiger partial charge in [0.05, 0.1) is 0 Å². The molecule has 1 saturated heterocycles. The van der Waals surface area contributed by atoms with Gasteiger partial charge < -0.3 is 10.2 Å². The van der Waals surface area contributed by atoms with Crippen LogP contribution in [0.1, 0.15) is 64.7 Å². The van der Waals surface area contributed by atoms with E-state index in [9.17, 15) is 4.79 Å². The fraction of sp³-hybridized carbons (Fsp3) is 0.938. The summed E-state index contributed by atoms with van der Waals surface area (Å²) in [6, 6.07) is 0.791. The van der Waals surface area contributed by atoms with E-state index in [1.165, 1.54) is 45.1 Å². The molecule has 0 spiro atoms. The summed E-state index contributed by atoms with van der Waals surface area (Å²) in [4.78, 5) is 14.5. The Morgan fingerprint density at radius 1 is 1.16 bits per heavy atom. The smallest absolute Gasteiger partial charge is 0.223 e. The molecule has 2 rings (SSSR count). The molecule has 0 aromatic carbocycles. The number of hydrogen-bond donors (Lipinski definition) is 1. The van der Waals surface area contributed by atoms with Crippen molar-refractivity contribution in [3.05, 3.63) is 0 Å². The monoisotopic (exact) mass is 266 g/mol. The molecule has 1 amide bonds. The molecule has 1 saturated carbocycles. The molecule has 1 heterocycles. The Morgan fingerprint density at radius 2 is 1.89 bits per heavy atom. The van der Waals surface area contributed by atoms with Crippen molar-refractivity contribution in [1.29, 1.82) is 0 Å². The van der Waals surface area contributed by atoms with Crippen molar-refractivity contribution >= 4 is 5.91 Å². The predicted molar refractivity (Wildman–Crippen MR) is 79.1 cm³/mol. The molecule has 19 heavy (non-hydrogen) atoms. The first-order valence-electron chi connectivity index (χ1n) is 8.33. The van der Waals surface area contributed by atoms with Crippen LogP contribution in [0.25, 0.3) is 0 Å². The Kier molecular flexibility index (Phi) is 6.15. The Morgan fingerprint density at radius 3 is 2.63 bits per heavy atom. The van der Waals surface area contributed by atoms with Crippen LogP contribution in [0, 0.1) is 5.92 Å². The molecular formula is C16H30N2O. The largest absolute Gasteiger partial charge is 0.356 e. The van der Waals surface area contributed by atoms with E-state index in [4.69, 9.17) is 0 Å². The molecule has 0 radical (unpaired) electrons. The van der Waals surface area contributed by atoms with E-state index in [-0.39, 0.29) is 0 Å². The van der Waals surface area contributed by atoms with Gasteiger partial charge in [-0.05, 0) is 45.1 Å². The number of amides is 1. The zero-order chi connectivity index (χ0) is 13.5. The normalized spacial score (nSPS) is 25.6. The summed E-state index contributed by atoms with van der Waals surface area (Å²) in [7, 11) is 0. The number of nitrogens with one attached hydrogen (secondary N) is 1. The second-order valence-corrected chi connectivity index (χ2v) is 6.22. The van der Waals surface area contributed by atoms with Gasteiger partial charge in [0.2, 0.25) is 5.91 Å². The molecule has 2 fully saturated rings. The SMILES string of the molecule is CCC1CCCCN1CCCNC(=O)C1CCCC1. The summed E-state index contributed by atoms with van der Waals surface area (Å²) >= 11 is 0. The van der Waals surface area contributed by atoms with Crippen LogP contribution in [0.2, 0.25) is 0 Å². The third kappa shape index (κ3) is 4.48. The van der Waals surface area contributed by atoms with Crippen LogP contribution < -0.4 is 5.32 Å². The maximum atomic E-state index is 11.9. The second kappa shape index (κ2) is 7.88. The Balaban J connectivity index is 1.59. The summed E-state index contributed by atoms with van der Waals surface area (Å²) < 4.78 is 0. The summed E-state index contributed by atoms with van der Waals surface area (Å²) in [5, 5.41) is 3.13. The second-order valence-electron chi connectivity index (χ2n) is 6.22. The highest BCUT2D eigenvalue weighted by molar-refractivity contribution is 5.78. The fourth-order valence-electron chi connectivity index (χ4n) is 3.64. The van der Waals surface area contributed by atoms with Crippen molar-refractivity contribution in [2.75, 3.05) is 19.6 Å². The lowest BCUT2D eigenvalue weighted by atomic mass is 10.00. The van der Waals surface area contributed by atoms with Crippen molar-refractivity contribution in [2.45, 2.75) is 70.8 Å². The average molecular weight is 266 g/mol. The quantitative estimate of drug-likeness (QED) is 0.750. The number of piperidine rings is 1. The van der Waals surface area contributed by atoms with Crippen LogP contribution in [0.15, 0.2) is 0 Å². The molecule has 2 aliphatic rings. The maximum Gasteiger partial charge on any atom is 0.223 e. The molecule has 0 bridgehead atoms. The number of nitrogens with zero attached hydrogens (tertiary/aromatic N) is 1. The standard InChI is InChI=1S/C16H30N2O/c1-2-15-10-5-6-12-18(15)13-7-11-17-16(19)14-8-3-4-9-14/h14-15H,2-13H2,1H3,(H,17,19). The fourth-order valence-corrected chi connectivity index (χ4v) is 3.64. The van der Waals surface area contributed by atoms with Gasteiger partial charge in [0.25, 0.3) is 0 Å². The third-order valence-electron chi connectivity index (χ3n) is 4.87. The van der Waals surface area contributed by atoms with E-state index in [2.05, 4.69) is 17.1 Å². The number of hydrogen-bond acceptors (Lipinski definition) is 2. The lowest BCUT2D eigenvalue weighted by molar-refractivity contribution is -0.124. The first-order chi connectivity index (χ1) is 9.31. The average Bonchev–Trinajstić information content (AvgIpc) is 2.98. The highest BCUT2D eigenvalue weighted by Crippen LogP contribution is 2.24. The van der Waals surface area contributed by atoms with Crippen LogP contribution in [0.4, 0.5) is 0 Å².